The summed E-state index contributed by atoms with van der Waals surface area (Å²) in [4.78, 5) is 7.99. The lowest BCUT2D eigenvalue weighted by atomic mass is 9.33. The Kier molecular flexibility index (Phi) is 13.5. The zero-order valence-corrected chi connectivity index (χ0v) is 61.8. The first-order valence-electron chi connectivity index (χ1n) is 38.0. The summed E-state index contributed by atoms with van der Waals surface area (Å²) in [7, 11) is 0. The van der Waals surface area contributed by atoms with Gasteiger partial charge in [0.15, 0.2) is 0 Å². The standard InChI is InChI=1S/C98H88BN5/c1-94(2,3)65-38-49-88-76(56-65)75-26-16-21-31-87(75)104(88)70-59-91-93-92(60-70)101(67-41-34-62(35-42-67)64-37-46-78-80(55-64)98(10,11)53-51-96(78,6)7)90-58-69(103-85-29-19-14-24-73(85)74-25-15-20-30-86(74)103)44-48-82(90)99(93)81-47-43-68(102-83-27-17-12-22-71(83)72-23-13-18-28-84(72)102)57-89(81)100(91)66-39-32-61(33-40-66)63-36-45-77-79(54-63)97(8,9)52-50-95(77,4)5/h12-49,54-60,75,87H,50-53H2,1-11H3. The molecule has 0 saturated carbocycles. The molecule has 0 fully saturated rings. The molecule has 104 heavy (non-hydrogen) atoms. The second-order valence-electron chi connectivity index (χ2n) is 34.6. The van der Waals surface area contributed by atoms with Gasteiger partial charge in [0.25, 0.3) is 6.71 Å². The molecule has 0 radical (unpaired) electrons. The van der Waals surface area contributed by atoms with E-state index in [-0.39, 0.29) is 45.7 Å². The molecule has 3 aliphatic carbocycles. The zero-order valence-electron chi connectivity index (χ0n) is 61.8. The summed E-state index contributed by atoms with van der Waals surface area (Å²) in [5.74, 6) is 0.161. The maximum absolute atomic E-state index is 2.69. The summed E-state index contributed by atoms with van der Waals surface area (Å²) in [6.07, 6.45) is 14.2. The van der Waals surface area contributed by atoms with Crippen LogP contribution in [-0.2, 0) is 27.1 Å². The van der Waals surface area contributed by atoms with Gasteiger partial charge in [0.2, 0.25) is 0 Å². The lowest BCUT2D eigenvalue weighted by Crippen LogP contribution is -2.61. The molecule has 12 aromatic carbocycles. The van der Waals surface area contributed by atoms with Crippen LogP contribution in [0.25, 0.3) is 77.2 Å². The average Bonchev–Trinajstić information content (AvgIpc) is 0.872. The normalized spacial score (nSPS) is 18.3. The second-order valence-corrected chi connectivity index (χ2v) is 34.6. The molecule has 0 saturated heterocycles. The van der Waals surface area contributed by atoms with E-state index in [9.17, 15) is 0 Å². The van der Waals surface area contributed by atoms with Gasteiger partial charge in [-0.15, -0.1) is 0 Å². The van der Waals surface area contributed by atoms with E-state index < -0.39 is 0 Å². The van der Waals surface area contributed by atoms with Gasteiger partial charge in [-0.2, -0.15) is 0 Å². The number of nitrogens with zero attached hydrogens (tertiary/aromatic N) is 5. The summed E-state index contributed by atoms with van der Waals surface area (Å²) in [5.41, 5.74) is 34.1. The van der Waals surface area contributed by atoms with E-state index in [1.807, 2.05) is 0 Å². The Morgan fingerprint density at radius 1 is 0.337 bits per heavy atom. The molecule has 2 aromatic heterocycles. The maximum atomic E-state index is 2.69. The Labute approximate surface area is 613 Å². The van der Waals surface area contributed by atoms with Crippen LogP contribution in [-0.4, -0.2) is 21.9 Å². The molecule has 3 aliphatic heterocycles. The largest absolute Gasteiger partial charge is 0.333 e. The van der Waals surface area contributed by atoms with Crippen molar-refractivity contribution in [3.05, 3.63) is 306 Å². The summed E-state index contributed by atoms with van der Waals surface area (Å²) < 4.78 is 5.01. The van der Waals surface area contributed by atoms with E-state index in [1.165, 1.54) is 158 Å². The van der Waals surface area contributed by atoms with Crippen LogP contribution in [0.2, 0.25) is 0 Å². The number of benzene rings is 12. The van der Waals surface area contributed by atoms with Gasteiger partial charge < -0.3 is 23.8 Å². The van der Waals surface area contributed by atoms with Crippen molar-refractivity contribution in [2.45, 2.75) is 141 Å². The van der Waals surface area contributed by atoms with Crippen LogP contribution in [0.3, 0.4) is 0 Å². The third kappa shape index (κ3) is 9.38. The fourth-order valence-electron chi connectivity index (χ4n) is 19.6. The number of hydrogen-bond donors (Lipinski definition) is 0. The van der Waals surface area contributed by atoms with Crippen molar-refractivity contribution in [1.82, 2.24) is 9.13 Å². The molecule has 6 aliphatic rings. The minimum Gasteiger partial charge on any atom is -0.333 e. The molecule has 5 nitrogen and oxygen atoms in total. The van der Waals surface area contributed by atoms with E-state index >= 15 is 0 Å². The van der Waals surface area contributed by atoms with Crippen molar-refractivity contribution in [3.8, 4) is 33.6 Å². The molecular formula is C98H88BN5. The Hall–Kier alpha value is -10.8. The molecule has 2 atom stereocenters. The van der Waals surface area contributed by atoms with Crippen LogP contribution in [0.5, 0.6) is 0 Å². The molecule has 0 amide bonds. The predicted molar refractivity (Wildman–Crippen MR) is 443 cm³/mol. The van der Waals surface area contributed by atoms with Gasteiger partial charge in [-0.3, -0.25) is 0 Å². The third-order valence-corrected chi connectivity index (χ3v) is 25.5. The molecule has 20 rings (SSSR count). The first-order chi connectivity index (χ1) is 50.2. The highest BCUT2D eigenvalue weighted by molar-refractivity contribution is 7.00. The third-order valence-electron chi connectivity index (χ3n) is 25.5. The van der Waals surface area contributed by atoms with Crippen LogP contribution < -0.4 is 31.1 Å². The van der Waals surface area contributed by atoms with Crippen molar-refractivity contribution in [1.29, 1.82) is 0 Å². The van der Waals surface area contributed by atoms with E-state index in [0.717, 1.165) is 39.8 Å². The average molecular weight is 1350 g/mol. The fraction of sp³-hybridized carbons (Fsp3) is 0.224. The number of aromatic nitrogens is 2. The molecule has 0 bridgehead atoms. The number of allylic oxidation sites excluding steroid dienone is 2. The summed E-state index contributed by atoms with van der Waals surface area (Å²) in [6.45, 7) is 26.4. The van der Waals surface area contributed by atoms with Crippen LogP contribution in [0.4, 0.5) is 45.5 Å². The number of fused-ring (bicyclic) bond motifs is 15. The summed E-state index contributed by atoms with van der Waals surface area (Å²) >= 11 is 0. The molecular weight excluding hydrogens is 1260 g/mol. The van der Waals surface area contributed by atoms with Crippen LogP contribution in [0.1, 0.15) is 141 Å². The van der Waals surface area contributed by atoms with Gasteiger partial charge in [-0.05, 0) is 216 Å². The Morgan fingerprint density at radius 2 is 0.721 bits per heavy atom. The first kappa shape index (κ1) is 62.9. The molecule has 14 aromatic rings. The molecule has 0 N–H and O–H groups in total. The quantitative estimate of drug-likeness (QED) is 0.148. The molecule has 5 heterocycles. The van der Waals surface area contributed by atoms with Gasteiger partial charge >= 0.3 is 0 Å². The van der Waals surface area contributed by atoms with Crippen LogP contribution >= 0.6 is 0 Å². The molecule has 0 spiro atoms. The Bertz CT molecular complexity index is 5600. The van der Waals surface area contributed by atoms with Crippen molar-refractivity contribution >= 4 is 112 Å². The van der Waals surface area contributed by atoms with Gasteiger partial charge in [0.1, 0.15) is 0 Å². The predicted octanol–water partition coefficient (Wildman–Crippen LogP) is 24.0. The Balaban J connectivity index is 0.866. The summed E-state index contributed by atoms with van der Waals surface area (Å²) in [5, 5.41) is 4.99. The minimum absolute atomic E-state index is 0.0267. The topological polar surface area (TPSA) is 19.6 Å². The monoisotopic (exact) mass is 1350 g/mol. The van der Waals surface area contributed by atoms with E-state index in [4.69, 9.17) is 0 Å². The number of hydrogen-bond acceptors (Lipinski definition) is 3. The van der Waals surface area contributed by atoms with Gasteiger partial charge in [0, 0.05) is 84.3 Å². The van der Waals surface area contributed by atoms with Crippen molar-refractivity contribution in [2.24, 2.45) is 0 Å². The van der Waals surface area contributed by atoms with E-state index in [1.54, 1.807) is 0 Å². The van der Waals surface area contributed by atoms with Gasteiger partial charge in [0.05, 0.1) is 28.1 Å². The van der Waals surface area contributed by atoms with E-state index in [0.29, 0.717) is 0 Å². The lowest BCUT2D eigenvalue weighted by Gasteiger charge is -2.45. The minimum atomic E-state index is -0.166. The van der Waals surface area contributed by atoms with E-state index in [2.05, 4.69) is 373 Å². The Morgan fingerprint density at radius 3 is 1.15 bits per heavy atom. The van der Waals surface area contributed by atoms with Crippen LogP contribution in [0, 0.1) is 0 Å². The lowest BCUT2D eigenvalue weighted by molar-refractivity contribution is 0.332. The molecule has 508 valence electrons. The number of rotatable bonds is 7. The number of para-hydroxylation sites is 4. The maximum Gasteiger partial charge on any atom is 0.252 e. The fourth-order valence-corrected chi connectivity index (χ4v) is 19.6. The van der Waals surface area contributed by atoms with Crippen molar-refractivity contribution in [3.63, 3.8) is 0 Å². The summed E-state index contributed by atoms with van der Waals surface area (Å²) in [6, 6.07) is 97.1. The van der Waals surface area contributed by atoms with Crippen LogP contribution in [0.15, 0.2) is 273 Å². The number of anilines is 8. The molecule has 2 unspecified atom stereocenters. The first-order valence-corrected chi connectivity index (χ1v) is 38.0. The smallest absolute Gasteiger partial charge is 0.252 e. The second kappa shape index (κ2) is 22.4. The van der Waals surface area contributed by atoms with Gasteiger partial charge in [-0.25, -0.2) is 0 Å². The van der Waals surface area contributed by atoms with Gasteiger partial charge in [-0.1, -0.05) is 258 Å². The van der Waals surface area contributed by atoms with Crippen molar-refractivity contribution < 1.29 is 0 Å². The SMILES string of the molecule is CC(C)(C)c1ccc2c(c1)C1C=CC=CC1N2c1cc2c3c(c1)N(c1ccc(-c4ccc5c(c4)C(C)(C)CCC5(C)C)cc1)c1cc(-n4c5ccccc5c5ccccc54)ccc1B3c1ccc(-n3c4ccccc4c4ccccc43)cc1N2c1ccc(-c2ccc3c(c2)C(C)(C)CCC3(C)C)cc1. The highest BCUT2D eigenvalue weighted by Crippen LogP contribution is 2.55. The molecule has 6 heteroatoms. The zero-order chi connectivity index (χ0) is 70.7. The highest BCUT2D eigenvalue weighted by Gasteiger charge is 2.47. The highest BCUT2D eigenvalue weighted by atomic mass is 15.2. The van der Waals surface area contributed by atoms with Crippen molar-refractivity contribution in [2.75, 3.05) is 14.7 Å².